The molecule has 0 fully saturated rings. The maximum atomic E-state index is 13.6. The third-order valence-electron chi connectivity index (χ3n) is 5.30. The van der Waals surface area contributed by atoms with Crippen molar-refractivity contribution in [2.45, 2.75) is 24.3 Å². The van der Waals surface area contributed by atoms with Crippen molar-refractivity contribution in [1.82, 2.24) is 9.55 Å². The molecule has 0 saturated heterocycles. The van der Waals surface area contributed by atoms with E-state index in [1.807, 2.05) is 19.1 Å². The number of amides is 1. The lowest BCUT2D eigenvalue weighted by Gasteiger charge is -2.18. The van der Waals surface area contributed by atoms with E-state index in [2.05, 4.69) is 10.3 Å². The van der Waals surface area contributed by atoms with Gasteiger partial charge in [0.05, 0.1) is 33.9 Å². The molecule has 1 N–H and O–H groups in total. The highest BCUT2D eigenvalue weighted by atomic mass is 32.2. The van der Waals surface area contributed by atoms with Crippen molar-refractivity contribution in [3.8, 4) is 11.4 Å². The monoisotopic (exact) mass is 490 g/mol. The number of carbonyl (C=O) groups is 1. The van der Waals surface area contributed by atoms with Crippen molar-refractivity contribution in [2.24, 2.45) is 0 Å². The first-order valence-corrected chi connectivity index (χ1v) is 11.5. The lowest BCUT2D eigenvalue weighted by atomic mass is 10.2. The Morgan fingerprint density at radius 3 is 2.66 bits per heavy atom. The molecule has 4 aromatic rings. The summed E-state index contributed by atoms with van der Waals surface area (Å²) in [5, 5.41) is 13.8. The van der Waals surface area contributed by atoms with Gasteiger partial charge in [-0.05, 0) is 49.7 Å². The minimum atomic E-state index is -0.677. The number of hydrogen-bond acceptors (Lipinski definition) is 7. The highest BCUT2D eigenvalue weighted by Crippen LogP contribution is 2.30. The van der Waals surface area contributed by atoms with Crippen LogP contribution in [-0.2, 0) is 4.79 Å². The summed E-state index contributed by atoms with van der Waals surface area (Å²) in [6.45, 7) is 3.58. The number of ether oxygens (including phenoxy) is 1. The van der Waals surface area contributed by atoms with Gasteiger partial charge in [-0.2, -0.15) is 0 Å². The molecule has 1 atom stereocenters. The number of anilines is 1. The van der Waals surface area contributed by atoms with Gasteiger partial charge in [0, 0.05) is 17.8 Å². The fourth-order valence-corrected chi connectivity index (χ4v) is 4.45. The lowest BCUT2D eigenvalue weighted by molar-refractivity contribution is -0.384. The average Bonchev–Trinajstić information content (AvgIpc) is 2.84. The molecule has 0 aliphatic rings. The molecule has 178 valence electrons. The minimum absolute atomic E-state index is 0.125. The fraction of sp³-hybridized carbons (Fsp3) is 0.160. The number of methoxy groups -OCH3 is 1. The molecule has 1 heterocycles. The number of fused-ring (bicyclic) bond motifs is 1. The van der Waals surface area contributed by atoms with Gasteiger partial charge in [-0.3, -0.25) is 24.3 Å². The third kappa shape index (κ3) is 5.02. The number of nitro benzene ring substituents is 1. The number of nitro groups is 1. The Bertz CT molecular complexity index is 1500. The Hall–Kier alpha value is -4.18. The van der Waals surface area contributed by atoms with Crippen LogP contribution in [0.4, 0.5) is 11.4 Å². The number of nitrogens with zero attached hydrogens (tertiary/aromatic N) is 3. The summed E-state index contributed by atoms with van der Waals surface area (Å²) in [5.41, 5.74) is 1.85. The van der Waals surface area contributed by atoms with Crippen LogP contribution in [0.2, 0.25) is 0 Å². The molecule has 3 aromatic carbocycles. The van der Waals surface area contributed by atoms with Gasteiger partial charge >= 0.3 is 0 Å². The van der Waals surface area contributed by atoms with Gasteiger partial charge in [0.2, 0.25) is 5.91 Å². The Morgan fingerprint density at radius 1 is 1.14 bits per heavy atom. The number of thioether (sulfide) groups is 1. The molecule has 4 rings (SSSR count). The molecule has 0 bridgehead atoms. The van der Waals surface area contributed by atoms with Crippen LogP contribution in [0.3, 0.4) is 0 Å². The van der Waals surface area contributed by atoms with Crippen molar-refractivity contribution in [1.29, 1.82) is 0 Å². The zero-order valence-electron chi connectivity index (χ0n) is 19.2. The second-order valence-electron chi connectivity index (χ2n) is 7.78. The summed E-state index contributed by atoms with van der Waals surface area (Å²) < 4.78 is 6.96. The maximum Gasteiger partial charge on any atom is 0.271 e. The van der Waals surface area contributed by atoms with Gasteiger partial charge in [0.15, 0.2) is 5.16 Å². The van der Waals surface area contributed by atoms with E-state index >= 15 is 0 Å². The number of carbonyl (C=O) groups excluding carboxylic acids is 1. The number of aryl methyl sites for hydroxylation is 1. The van der Waals surface area contributed by atoms with Crippen molar-refractivity contribution < 1.29 is 14.5 Å². The fourth-order valence-electron chi connectivity index (χ4n) is 3.53. The molecule has 1 aromatic heterocycles. The second kappa shape index (κ2) is 9.98. The minimum Gasteiger partial charge on any atom is -0.495 e. The summed E-state index contributed by atoms with van der Waals surface area (Å²) in [6, 6.07) is 18.2. The Morgan fingerprint density at radius 2 is 1.91 bits per heavy atom. The van der Waals surface area contributed by atoms with Crippen LogP contribution >= 0.6 is 11.8 Å². The van der Waals surface area contributed by atoms with Crippen LogP contribution in [0.1, 0.15) is 12.5 Å². The van der Waals surface area contributed by atoms with Gasteiger partial charge < -0.3 is 10.1 Å². The van der Waals surface area contributed by atoms with Crippen LogP contribution < -0.4 is 15.6 Å². The molecular formula is C25H22N4O5S. The van der Waals surface area contributed by atoms with E-state index in [1.54, 1.807) is 43.3 Å². The first-order valence-electron chi connectivity index (χ1n) is 10.7. The first kappa shape index (κ1) is 24.0. The Kier molecular flexibility index (Phi) is 6.83. The summed E-state index contributed by atoms with van der Waals surface area (Å²) in [7, 11) is 1.52. The quantitative estimate of drug-likeness (QED) is 0.172. The topological polar surface area (TPSA) is 116 Å². The van der Waals surface area contributed by atoms with Crippen molar-refractivity contribution in [3.05, 3.63) is 92.8 Å². The molecule has 1 amide bonds. The van der Waals surface area contributed by atoms with E-state index < -0.39 is 10.2 Å². The van der Waals surface area contributed by atoms with Crippen LogP contribution in [-0.4, -0.2) is 32.7 Å². The average molecular weight is 491 g/mol. The first-order chi connectivity index (χ1) is 16.8. The molecular weight excluding hydrogens is 468 g/mol. The van der Waals surface area contributed by atoms with Crippen LogP contribution in [0.5, 0.6) is 5.75 Å². The molecule has 0 aliphatic heterocycles. The molecule has 0 aliphatic carbocycles. The SMILES string of the molecule is COc1ccc(C)cc1-n1c(S[C@@H](C)C(=O)Nc2cccc([N+](=O)[O-])c2)nc2ccccc2c1=O. The second-order valence-corrected chi connectivity index (χ2v) is 9.09. The standard InChI is InChI=1S/C25H22N4O5S/c1-15-11-12-22(34-3)21(13-15)28-24(31)19-9-4-5-10-20(19)27-25(28)35-16(2)23(30)26-17-7-6-8-18(14-17)29(32)33/h4-14,16H,1-3H3,(H,26,30)/t16-/m0/s1. The Balaban J connectivity index is 1.75. The van der Waals surface area contributed by atoms with Crippen LogP contribution in [0.25, 0.3) is 16.6 Å². The lowest BCUT2D eigenvalue weighted by Crippen LogP contribution is -2.26. The predicted molar refractivity (Wildman–Crippen MR) is 136 cm³/mol. The van der Waals surface area contributed by atoms with Gasteiger partial charge in [0.25, 0.3) is 11.2 Å². The largest absolute Gasteiger partial charge is 0.495 e. The normalized spacial score (nSPS) is 11.7. The Labute approximate surface area is 204 Å². The van der Waals surface area contributed by atoms with E-state index in [1.165, 1.54) is 29.9 Å². The van der Waals surface area contributed by atoms with Gasteiger partial charge in [-0.25, -0.2) is 4.98 Å². The summed E-state index contributed by atoms with van der Waals surface area (Å²) in [5.74, 6) is 0.103. The molecule has 0 saturated carbocycles. The number of hydrogen-bond donors (Lipinski definition) is 1. The van der Waals surface area contributed by atoms with E-state index in [0.717, 1.165) is 17.3 Å². The molecule has 35 heavy (non-hydrogen) atoms. The number of non-ortho nitro benzene ring substituents is 1. The van der Waals surface area contributed by atoms with Crippen LogP contribution in [0, 0.1) is 17.0 Å². The van der Waals surface area contributed by atoms with E-state index in [-0.39, 0.29) is 17.2 Å². The number of para-hydroxylation sites is 1. The van der Waals surface area contributed by atoms with Crippen LogP contribution in [0.15, 0.2) is 76.7 Å². The highest BCUT2D eigenvalue weighted by Gasteiger charge is 2.22. The summed E-state index contributed by atoms with van der Waals surface area (Å²) in [6.07, 6.45) is 0. The number of aromatic nitrogens is 2. The number of nitrogens with one attached hydrogen (secondary N) is 1. The smallest absolute Gasteiger partial charge is 0.271 e. The molecule has 0 radical (unpaired) electrons. The highest BCUT2D eigenvalue weighted by molar-refractivity contribution is 8.00. The maximum absolute atomic E-state index is 13.6. The molecule has 0 spiro atoms. The van der Waals surface area contributed by atoms with Crippen molar-refractivity contribution in [2.75, 3.05) is 12.4 Å². The molecule has 9 nitrogen and oxygen atoms in total. The van der Waals surface area contributed by atoms with E-state index in [4.69, 9.17) is 4.74 Å². The van der Waals surface area contributed by atoms with Gasteiger partial charge in [-0.15, -0.1) is 0 Å². The number of benzene rings is 3. The third-order valence-corrected chi connectivity index (χ3v) is 6.35. The van der Waals surface area contributed by atoms with E-state index in [0.29, 0.717) is 33.2 Å². The zero-order valence-corrected chi connectivity index (χ0v) is 20.0. The van der Waals surface area contributed by atoms with Crippen molar-refractivity contribution >= 4 is 39.9 Å². The summed E-state index contributed by atoms with van der Waals surface area (Å²) >= 11 is 1.11. The molecule has 10 heteroatoms. The number of rotatable bonds is 7. The van der Waals surface area contributed by atoms with Gasteiger partial charge in [-0.1, -0.05) is 36.0 Å². The zero-order chi connectivity index (χ0) is 25.1. The molecule has 0 unspecified atom stereocenters. The van der Waals surface area contributed by atoms with E-state index in [9.17, 15) is 19.7 Å². The predicted octanol–water partition coefficient (Wildman–Crippen LogP) is 4.73. The summed E-state index contributed by atoms with van der Waals surface area (Å²) in [4.78, 5) is 41.7. The van der Waals surface area contributed by atoms with Gasteiger partial charge in [0.1, 0.15) is 5.75 Å². The van der Waals surface area contributed by atoms with Crippen molar-refractivity contribution in [3.63, 3.8) is 0 Å².